The van der Waals surface area contributed by atoms with Crippen molar-refractivity contribution in [3.63, 3.8) is 0 Å². The first kappa shape index (κ1) is 16.6. The van der Waals surface area contributed by atoms with E-state index >= 15 is 0 Å². The third kappa shape index (κ3) is 3.03. The molecule has 0 saturated carbocycles. The second kappa shape index (κ2) is 6.55. The fourth-order valence-electron chi connectivity index (χ4n) is 3.83. The predicted octanol–water partition coefficient (Wildman–Crippen LogP) is 3.07. The predicted molar refractivity (Wildman–Crippen MR) is 81.1 cm³/mol. The van der Waals surface area contributed by atoms with Gasteiger partial charge in [-0.3, -0.25) is 4.79 Å². The molecule has 0 aromatic carbocycles. The number of hydrogen-bond donors (Lipinski definition) is 2. The second-order valence-electron chi connectivity index (χ2n) is 6.63. The van der Waals surface area contributed by atoms with E-state index in [9.17, 15) is 19.8 Å². The maximum atomic E-state index is 11.8. The second-order valence-corrected chi connectivity index (χ2v) is 6.63. The van der Waals surface area contributed by atoms with Crippen molar-refractivity contribution in [3.05, 3.63) is 24.5 Å². The summed E-state index contributed by atoms with van der Waals surface area (Å²) in [6.45, 7) is 4.23. The molecule has 0 saturated heterocycles. The SMILES string of the molecule is CC1CCC=CCC1(C)C1CC=COC(C(=O)O)C1C(=O)O. The van der Waals surface area contributed by atoms with E-state index in [4.69, 9.17) is 4.74 Å². The molecule has 0 amide bonds. The molecule has 1 aliphatic heterocycles. The number of ether oxygens (including phenoxy) is 1. The van der Waals surface area contributed by atoms with Gasteiger partial charge < -0.3 is 14.9 Å². The standard InChI is InChI=1S/C17H24O5/c1-11-7-4-3-5-9-17(11,2)12-8-6-10-22-14(16(20)21)13(12)15(18)19/h3,5-6,10-14H,4,7-9H2,1-2H3,(H,18,19)(H,20,21). The molecule has 2 aliphatic rings. The minimum Gasteiger partial charge on any atom is -0.486 e. The Kier molecular flexibility index (Phi) is 4.94. The number of rotatable bonds is 3. The highest BCUT2D eigenvalue weighted by Gasteiger charge is 2.50. The lowest BCUT2D eigenvalue weighted by Gasteiger charge is -2.44. The van der Waals surface area contributed by atoms with E-state index in [-0.39, 0.29) is 11.3 Å². The summed E-state index contributed by atoms with van der Waals surface area (Å²) < 4.78 is 5.19. The molecule has 1 aliphatic carbocycles. The Labute approximate surface area is 130 Å². The van der Waals surface area contributed by atoms with Crippen molar-refractivity contribution >= 4 is 11.9 Å². The highest BCUT2D eigenvalue weighted by Crippen LogP contribution is 2.49. The molecule has 5 unspecified atom stereocenters. The first-order valence-electron chi connectivity index (χ1n) is 7.79. The molecule has 122 valence electrons. The molecule has 5 atom stereocenters. The first-order chi connectivity index (χ1) is 10.4. The van der Waals surface area contributed by atoms with Gasteiger partial charge in [-0.05, 0) is 49.0 Å². The van der Waals surface area contributed by atoms with Crippen molar-refractivity contribution in [2.24, 2.45) is 23.2 Å². The third-order valence-corrected chi connectivity index (χ3v) is 5.46. The minimum absolute atomic E-state index is 0.262. The molecule has 2 rings (SSSR count). The van der Waals surface area contributed by atoms with Crippen LogP contribution >= 0.6 is 0 Å². The van der Waals surface area contributed by atoms with Gasteiger partial charge >= 0.3 is 11.9 Å². The van der Waals surface area contributed by atoms with Gasteiger partial charge in [0, 0.05) is 0 Å². The Balaban J connectivity index is 2.43. The summed E-state index contributed by atoms with van der Waals surface area (Å²) in [5.41, 5.74) is -0.262. The molecule has 2 N–H and O–H groups in total. The van der Waals surface area contributed by atoms with Crippen molar-refractivity contribution < 1.29 is 24.5 Å². The highest BCUT2D eigenvalue weighted by molar-refractivity contribution is 5.82. The number of carbonyl (C=O) groups is 2. The Hall–Kier alpha value is -1.78. The third-order valence-electron chi connectivity index (χ3n) is 5.46. The van der Waals surface area contributed by atoms with Crippen molar-refractivity contribution in [2.45, 2.75) is 45.6 Å². The minimum atomic E-state index is -1.34. The van der Waals surface area contributed by atoms with Crippen molar-refractivity contribution in [1.29, 1.82) is 0 Å². The first-order valence-corrected chi connectivity index (χ1v) is 7.79. The molecule has 0 bridgehead atoms. The maximum Gasteiger partial charge on any atom is 0.345 e. The summed E-state index contributed by atoms with van der Waals surface area (Å²) in [4.78, 5) is 23.3. The number of carboxylic acids is 2. The van der Waals surface area contributed by atoms with Crippen LogP contribution < -0.4 is 0 Å². The number of allylic oxidation sites excluding steroid dienone is 3. The molecule has 1 heterocycles. The average molecular weight is 308 g/mol. The molecule has 5 heteroatoms. The van der Waals surface area contributed by atoms with Crippen LogP contribution in [-0.2, 0) is 14.3 Å². The van der Waals surface area contributed by atoms with Gasteiger partial charge in [0.15, 0.2) is 0 Å². The van der Waals surface area contributed by atoms with Gasteiger partial charge in [-0.1, -0.05) is 26.0 Å². The van der Waals surface area contributed by atoms with Gasteiger partial charge in [0.1, 0.15) is 5.92 Å². The molecule has 5 nitrogen and oxygen atoms in total. The van der Waals surface area contributed by atoms with E-state index < -0.39 is 24.0 Å². The normalized spacial score (nSPS) is 38.6. The molecule has 0 fully saturated rings. The molecular weight excluding hydrogens is 284 g/mol. The van der Waals surface area contributed by atoms with Crippen LogP contribution in [0.2, 0.25) is 0 Å². The highest BCUT2D eigenvalue weighted by atomic mass is 16.5. The van der Waals surface area contributed by atoms with Crippen LogP contribution in [0.1, 0.15) is 39.5 Å². The molecule has 22 heavy (non-hydrogen) atoms. The summed E-state index contributed by atoms with van der Waals surface area (Å²) in [6.07, 6.45) is 9.26. The summed E-state index contributed by atoms with van der Waals surface area (Å²) in [5, 5.41) is 19.0. The zero-order valence-electron chi connectivity index (χ0n) is 13.1. The van der Waals surface area contributed by atoms with E-state index in [1.54, 1.807) is 6.08 Å². The smallest absolute Gasteiger partial charge is 0.345 e. The van der Waals surface area contributed by atoms with Crippen molar-refractivity contribution in [2.75, 3.05) is 0 Å². The topological polar surface area (TPSA) is 83.8 Å². The van der Waals surface area contributed by atoms with Crippen LogP contribution in [0.15, 0.2) is 24.5 Å². The van der Waals surface area contributed by atoms with Gasteiger partial charge in [0.2, 0.25) is 6.10 Å². The Morgan fingerprint density at radius 2 is 1.91 bits per heavy atom. The number of aliphatic carboxylic acids is 2. The fourth-order valence-corrected chi connectivity index (χ4v) is 3.83. The summed E-state index contributed by atoms with van der Waals surface area (Å²) in [7, 11) is 0. The average Bonchev–Trinajstić information content (AvgIpc) is 2.77. The Morgan fingerprint density at radius 3 is 2.55 bits per heavy atom. The van der Waals surface area contributed by atoms with Gasteiger partial charge in [0.05, 0.1) is 6.26 Å². The lowest BCUT2D eigenvalue weighted by atomic mass is 9.60. The quantitative estimate of drug-likeness (QED) is 0.783. The van der Waals surface area contributed by atoms with E-state index in [1.807, 2.05) is 0 Å². The van der Waals surface area contributed by atoms with E-state index in [2.05, 4.69) is 26.0 Å². The summed E-state index contributed by atoms with van der Waals surface area (Å²) >= 11 is 0. The van der Waals surface area contributed by atoms with Gasteiger partial charge in [-0.25, -0.2) is 4.79 Å². The van der Waals surface area contributed by atoms with Crippen LogP contribution in [0.4, 0.5) is 0 Å². The van der Waals surface area contributed by atoms with E-state index in [1.165, 1.54) is 6.26 Å². The van der Waals surface area contributed by atoms with Crippen molar-refractivity contribution in [3.8, 4) is 0 Å². The monoisotopic (exact) mass is 308 g/mol. The van der Waals surface area contributed by atoms with Gasteiger partial charge in [-0.15, -0.1) is 0 Å². The van der Waals surface area contributed by atoms with Crippen LogP contribution in [0.5, 0.6) is 0 Å². The zero-order valence-corrected chi connectivity index (χ0v) is 13.1. The van der Waals surface area contributed by atoms with E-state index in [0.29, 0.717) is 12.3 Å². The van der Waals surface area contributed by atoms with Gasteiger partial charge in [0.25, 0.3) is 0 Å². The summed E-state index contributed by atoms with van der Waals surface area (Å²) in [6, 6.07) is 0. The fraction of sp³-hybridized carbons (Fsp3) is 0.647. The lowest BCUT2D eigenvalue weighted by molar-refractivity contribution is -0.165. The summed E-state index contributed by atoms with van der Waals surface area (Å²) in [5.74, 6) is -3.32. The lowest BCUT2D eigenvalue weighted by Crippen LogP contribution is -2.47. The molecule has 0 aromatic rings. The Morgan fingerprint density at radius 1 is 1.18 bits per heavy atom. The van der Waals surface area contributed by atoms with Gasteiger partial charge in [-0.2, -0.15) is 0 Å². The zero-order chi connectivity index (χ0) is 16.3. The maximum absolute atomic E-state index is 11.8. The Bertz CT molecular complexity index is 495. The van der Waals surface area contributed by atoms with E-state index in [0.717, 1.165) is 19.3 Å². The molecule has 0 radical (unpaired) electrons. The van der Waals surface area contributed by atoms with Crippen molar-refractivity contribution in [1.82, 2.24) is 0 Å². The molecule has 0 aromatic heterocycles. The van der Waals surface area contributed by atoms with Crippen LogP contribution in [0.25, 0.3) is 0 Å². The van der Waals surface area contributed by atoms with Crippen LogP contribution in [-0.4, -0.2) is 28.3 Å². The van der Waals surface area contributed by atoms with Crippen LogP contribution in [0, 0.1) is 23.2 Å². The van der Waals surface area contributed by atoms with Crippen LogP contribution in [0.3, 0.4) is 0 Å². The molecular formula is C17H24O5. The largest absolute Gasteiger partial charge is 0.486 e. The molecule has 0 spiro atoms. The number of carboxylic acid groups (broad SMARTS) is 2. The number of hydrogen-bond acceptors (Lipinski definition) is 3.